The highest BCUT2D eigenvalue weighted by molar-refractivity contribution is 7.14. The summed E-state index contributed by atoms with van der Waals surface area (Å²) < 4.78 is 13.5. The number of primary amides is 1. The second kappa shape index (κ2) is 8.25. The summed E-state index contributed by atoms with van der Waals surface area (Å²) in [6.07, 6.45) is 2.78. The van der Waals surface area contributed by atoms with Gasteiger partial charge in [0.05, 0.1) is 4.88 Å². The van der Waals surface area contributed by atoms with Crippen molar-refractivity contribution in [3.05, 3.63) is 57.0 Å². The van der Waals surface area contributed by atoms with Crippen LogP contribution in [0.2, 0.25) is 0 Å². The summed E-state index contributed by atoms with van der Waals surface area (Å²) in [5.74, 6) is -1.45. The molecule has 6 heteroatoms. The number of aryl methyl sites for hydroxylation is 2. The quantitative estimate of drug-likeness (QED) is 0.816. The highest BCUT2D eigenvalue weighted by Crippen LogP contribution is 2.28. The van der Waals surface area contributed by atoms with E-state index in [0.29, 0.717) is 10.4 Å². The second-order valence-electron chi connectivity index (χ2n) is 5.94. The van der Waals surface area contributed by atoms with Crippen LogP contribution in [-0.2, 0) is 17.6 Å². The molecule has 25 heavy (non-hydrogen) atoms. The molecule has 0 aliphatic heterocycles. The lowest BCUT2D eigenvalue weighted by molar-refractivity contribution is -0.122. The van der Waals surface area contributed by atoms with E-state index in [1.807, 2.05) is 6.07 Å². The first-order valence-electron chi connectivity index (χ1n) is 8.32. The zero-order chi connectivity index (χ0) is 18.6. The Morgan fingerprint density at radius 3 is 2.56 bits per heavy atom. The van der Waals surface area contributed by atoms with Gasteiger partial charge in [-0.1, -0.05) is 32.4 Å². The molecule has 2 amide bonds. The molecule has 1 aromatic heterocycles. The topological polar surface area (TPSA) is 63.4 Å². The average molecular weight is 362 g/mol. The van der Waals surface area contributed by atoms with Crippen LogP contribution in [-0.4, -0.2) is 23.8 Å². The number of rotatable bonds is 7. The molecule has 0 saturated carbocycles. The number of amides is 2. The van der Waals surface area contributed by atoms with Crippen molar-refractivity contribution in [1.82, 2.24) is 4.90 Å². The zero-order valence-electron chi connectivity index (χ0n) is 14.7. The van der Waals surface area contributed by atoms with Crippen molar-refractivity contribution in [2.24, 2.45) is 5.73 Å². The first-order valence-corrected chi connectivity index (χ1v) is 9.14. The van der Waals surface area contributed by atoms with Crippen LogP contribution < -0.4 is 5.73 Å². The largest absolute Gasteiger partial charge is 0.368 e. The van der Waals surface area contributed by atoms with Gasteiger partial charge in [-0.3, -0.25) is 9.59 Å². The molecule has 0 fully saturated rings. The average Bonchev–Trinajstić information content (AvgIpc) is 2.97. The number of nitrogens with two attached hydrogens (primary N) is 1. The molecule has 0 bridgehead atoms. The van der Waals surface area contributed by atoms with Crippen molar-refractivity contribution in [1.29, 1.82) is 0 Å². The number of hydrogen-bond acceptors (Lipinski definition) is 3. The van der Waals surface area contributed by atoms with Crippen molar-refractivity contribution >= 4 is 23.2 Å². The number of carbonyl (C=O) groups excluding carboxylic acids is 2. The molecule has 0 saturated heterocycles. The Hall–Kier alpha value is -2.21. The first-order chi connectivity index (χ1) is 11.9. The van der Waals surface area contributed by atoms with E-state index >= 15 is 0 Å². The van der Waals surface area contributed by atoms with Crippen LogP contribution in [0.1, 0.15) is 52.0 Å². The molecular formula is C19H23FN2O2S. The number of thiophene rings is 1. The normalized spacial score (nSPS) is 12.0. The van der Waals surface area contributed by atoms with Crippen molar-refractivity contribution in [2.45, 2.75) is 39.2 Å². The van der Waals surface area contributed by atoms with E-state index in [1.54, 1.807) is 6.07 Å². The molecule has 0 aliphatic carbocycles. The molecule has 1 atom stereocenters. The van der Waals surface area contributed by atoms with Gasteiger partial charge in [-0.15, -0.1) is 11.3 Å². The van der Waals surface area contributed by atoms with Crippen LogP contribution in [0.25, 0.3) is 0 Å². The lowest BCUT2D eigenvalue weighted by atomic mass is 10.0. The fourth-order valence-corrected chi connectivity index (χ4v) is 4.19. The van der Waals surface area contributed by atoms with Gasteiger partial charge >= 0.3 is 0 Å². The lowest BCUT2D eigenvalue weighted by Gasteiger charge is -2.25. The standard InChI is InChI=1S/C19H23FN2O2S/c1-4-7-15-12(5-2)11-16(25-15)19(24)22(3)17(18(21)23)13-8-6-9-14(20)10-13/h6,8-11,17H,4-5,7H2,1-3H3,(H2,21,23). The fraction of sp³-hybridized carbons (Fsp3) is 0.368. The number of likely N-dealkylation sites (N-methyl/N-ethyl adjacent to an activating group) is 1. The summed E-state index contributed by atoms with van der Waals surface area (Å²) in [6.45, 7) is 4.15. The number of benzene rings is 1. The van der Waals surface area contributed by atoms with Gasteiger partial charge in [-0.25, -0.2) is 4.39 Å². The first kappa shape index (κ1) is 19.1. The van der Waals surface area contributed by atoms with E-state index in [2.05, 4.69) is 13.8 Å². The third-order valence-electron chi connectivity index (χ3n) is 4.11. The minimum atomic E-state index is -1.01. The van der Waals surface area contributed by atoms with Gasteiger partial charge in [0.15, 0.2) is 0 Å². The lowest BCUT2D eigenvalue weighted by Crippen LogP contribution is -2.39. The maximum atomic E-state index is 13.5. The monoisotopic (exact) mass is 362 g/mol. The Morgan fingerprint density at radius 2 is 2.00 bits per heavy atom. The minimum Gasteiger partial charge on any atom is -0.368 e. The Kier molecular flexibility index (Phi) is 6.31. The van der Waals surface area contributed by atoms with Gasteiger partial charge in [-0.2, -0.15) is 0 Å². The molecule has 4 nitrogen and oxygen atoms in total. The zero-order valence-corrected chi connectivity index (χ0v) is 15.5. The van der Waals surface area contributed by atoms with Crippen LogP contribution in [0.5, 0.6) is 0 Å². The molecule has 0 spiro atoms. The van der Waals surface area contributed by atoms with Crippen LogP contribution in [0, 0.1) is 5.82 Å². The van der Waals surface area contributed by atoms with Gasteiger partial charge in [0.25, 0.3) is 5.91 Å². The molecule has 2 aromatic rings. The Balaban J connectivity index is 2.34. The SMILES string of the molecule is CCCc1sc(C(=O)N(C)C(C(N)=O)c2cccc(F)c2)cc1CC. The highest BCUT2D eigenvalue weighted by Gasteiger charge is 2.29. The third-order valence-corrected chi connectivity index (χ3v) is 5.33. The summed E-state index contributed by atoms with van der Waals surface area (Å²) in [7, 11) is 1.52. The van der Waals surface area contributed by atoms with Gasteiger partial charge in [0, 0.05) is 11.9 Å². The fourth-order valence-electron chi connectivity index (χ4n) is 2.86. The van der Waals surface area contributed by atoms with Crippen molar-refractivity contribution in [3.63, 3.8) is 0 Å². The Morgan fingerprint density at radius 1 is 1.28 bits per heavy atom. The van der Waals surface area contributed by atoms with Crippen LogP contribution in [0.15, 0.2) is 30.3 Å². The molecule has 134 valence electrons. The van der Waals surface area contributed by atoms with Crippen LogP contribution in [0.4, 0.5) is 4.39 Å². The summed E-state index contributed by atoms with van der Waals surface area (Å²) in [4.78, 5) is 27.9. The predicted molar refractivity (Wildman–Crippen MR) is 98.1 cm³/mol. The molecular weight excluding hydrogens is 339 g/mol. The summed E-state index contributed by atoms with van der Waals surface area (Å²) in [6, 6.07) is 6.49. The van der Waals surface area contributed by atoms with Gasteiger partial charge < -0.3 is 10.6 Å². The van der Waals surface area contributed by atoms with E-state index < -0.39 is 17.8 Å². The minimum absolute atomic E-state index is 0.282. The Labute approximate surface area is 151 Å². The predicted octanol–water partition coefficient (Wildman–Crippen LogP) is 3.70. The molecule has 2 N–H and O–H groups in total. The van der Waals surface area contributed by atoms with Crippen molar-refractivity contribution in [2.75, 3.05) is 7.05 Å². The van der Waals surface area contributed by atoms with Crippen molar-refractivity contribution in [3.8, 4) is 0 Å². The number of halogens is 1. The molecule has 1 aromatic carbocycles. The van der Waals surface area contributed by atoms with Gasteiger partial charge in [0.1, 0.15) is 11.9 Å². The molecule has 1 unspecified atom stereocenters. The van der Waals surface area contributed by atoms with E-state index in [-0.39, 0.29) is 5.91 Å². The van der Waals surface area contributed by atoms with E-state index in [9.17, 15) is 14.0 Å². The van der Waals surface area contributed by atoms with E-state index in [0.717, 1.165) is 24.8 Å². The maximum absolute atomic E-state index is 13.5. The molecule has 2 rings (SSSR count). The Bertz CT molecular complexity index is 773. The third kappa shape index (κ3) is 4.25. The van der Waals surface area contributed by atoms with E-state index in [4.69, 9.17) is 5.73 Å². The maximum Gasteiger partial charge on any atom is 0.264 e. The summed E-state index contributed by atoms with van der Waals surface area (Å²) >= 11 is 1.46. The summed E-state index contributed by atoms with van der Waals surface area (Å²) in [5, 5.41) is 0. The smallest absolute Gasteiger partial charge is 0.264 e. The van der Waals surface area contributed by atoms with Gasteiger partial charge in [-0.05, 0) is 42.2 Å². The van der Waals surface area contributed by atoms with Crippen molar-refractivity contribution < 1.29 is 14.0 Å². The molecule has 1 heterocycles. The van der Waals surface area contributed by atoms with Crippen LogP contribution in [0.3, 0.4) is 0 Å². The number of nitrogens with zero attached hydrogens (tertiary/aromatic N) is 1. The molecule has 0 radical (unpaired) electrons. The van der Waals surface area contributed by atoms with Crippen LogP contribution >= 0.6 is 11.3 Å². The van der Waals surface area contributed by atoms with E-state index in [1.165, 1.54) is 46.4 Å². The highest BCUT2D eigenvalue weighted by atomic mass is 32.1. The molecule has 0 aliphatic rings. The van der Waals surface area contributed by atoms with Gasteiger partial charge in [0.2, 0.25) is 5.91 Å². The second-order valence-corrected chi connectivity index (χ2v) is 7.08. The number of carbonyl (C=O) groups is 2. The number of hydrogen-bond donors (Lipinski definition) is 1. The summed E-state index contributed by atoms with van der Waals surface area (Å²) in [5.41, 5.74) is 7.02.